The van der Waals surface area contributed by atoms with E-state index in [1.54, 1.807) is 12.1 Å². The first kappa shape index (κ1) is 20.9. The van der Waals surface area contributed by atoms with E-state index in [9.17, 15) is 4.79 Å². The monoisotopic (exact) mass is 485 g/mol. The molecule has 0 spiro atoms. The number of Topliss-reactive ketones (excluding diaryl/α,β-unsaturated/α-hetero) is 1. The molecule has 2 aromatic heterocycles. The maximum absolute atomic E-state index is 13.4. The number of benzene rings is 2. The van der Waals surface area contributed by atoms with E-state index in [1.165, 1.54) is 18.6 Å². The lowest BCUT2D eigenvalue weighted by molar-refractivity contribution is 0.0917. The summed E-state index contributed by atoms with van der Waals surface area (Å²) >= 11 is 19.2. The van der Waals surface area contributed by atoms with Crippen LogP contribution >= 0.6 is 34.8 Å². The minimum absolute atomic E-state index is 0.137. The van der Waals surface area contributed by atoms with Crippen molar-refractivity contribution in [2.45, 2.75) is 18.0 Å². The zero-order valence-corrected chi connectivity index (χ0v) is 18.6. The maximum Gasteiger partial charge on any atom is 0.295 e. The highest BCUT2D eigenvalue weighted by molar-refractivity contribution is 6.35. The molecule has 2 atom stereocenters. The van der Waals surface area contributed by atoms with Gasteiger partial charge in [0.2, 0.25) is 11.6 Å². The molecule has 160 valence electrons. The highest BCUT2D eigenvalue weighted by atomic mass is 35.5. The van der Waals surface area contributed by atoms with E-state index in [4.69, 9.17) is 39.3 Å². The Morgan fingerprint density at radius 3 is 2.75 bits per heavy atom. The molecule has 0 aliphatic carbocycles. The quantitative estimate of drug-likeness (QED) is 0.212. The maximum atomic E-state index is 13.4. The van der Waals surface area contributed by atoms with Crippen molar-refractivity contribution >= 4 is 46.3 Å². The summed E-state index contributed by atoms with van der Waals surface area (Å²) in [6.45, 7) is 0.402. The summed E-state index contributed by atoms with van der Waals surface area (Å²) < 4.78 is 5.25. The van der Waals surface area contributed by atoms with Gasteiger partial charge >= 0.3 is 0 Å². The molecule has 1 aliphatic rings. The van der Waals surface area contributed by atoms with Gasteiger partial charge in [0.05, 0.1) is 12.1 Å². The van der Waals surface area contributed by atoms with Crippen LogP contribution in [0.2, 0.25) is 10.0 Å². The lowest BCUT2D eigenvalue weighted by Crippen LogP contribution is -2.32. The van der Waals surface area contributed by atoms with Gasteiger partial charge in [0.15, 0.2) is 0 Å². The van der Waals surface area contributed by atoms with Crippen LogP contribution in [0, 0.1) is 0 Å². The van der Waals surface area contributed by atoms with Gasteiger partial charge in [-0.2, -0.15) is 4.98 Å². The van der Waals surface area contributed by atoms with Crippen LogP contribution in [0.15, 0.2) is 65.6 Å². The number of para-hydroxylation sites is 1. The summed E-state index contributed by atoms with van der Waals surface area (Å²) in [6.07, 6.45) is 4.53. The number of halogens is 3. The Labute approximate surface area is 198 Å². The Morgan fingerprint density at radius 2 is 1.97 bits per heavy atom. The zero-order chi connectivity index (χ0) is 22.2. The fraction of sp³-hybridized carbons (Fsp3) is 0.136. The first-order chi connectivity index (χ1) is 15.5. The van der Waals surface area contributed by atoms with Crippen molar-refractivity contribution in [1.82, 2.24) is 20.1 Å². The largest absolute Gasteiger partial charge is 0.349 e. The summed E-state index contributed by atoms with van der Waals surface area (Å²) in [6, 6.07) is 12.8. The topological polar surface area (TPSA) is 85.0 Å². The van der Waals surface area contributed by atoms with E-state index >= 15 is 0 Å². The third-order valence-electron chi connectivity index (χ3n) is 5.22. The Morgan fingerprint density at radius 1 is 1.12 bits per heavy atom. The molecular formula is C22H14Cl3N5O2. The number of hydrogen-bond acceptors (Lipinski definition) is 7. The number of rotatable bonds is 5. The molecule has 0 N–H and O–H groups in total. The van der Waals surface area contributed by atoms with Crippen molar-refractivity contribution in [1.29, 1.82) is 0 Å². The molecular weight excluding hydrogens is 473 g/mol. The van der Waals surface area contributed by atoms with E-state index in [2.05, 4.69) is 20.1 Å². The van der Waals surface area contributed by atoms with Crippen LogP contribution < -0.4 is 4.90 Å². The Balaban J connectivity index is 1.47. The summed E-state index contributed by atoms with van der Waals surface area (Å²) in [4.78, 5) is 27.6. The first-order valence-corrected chi connectivity index (χ1v) is 10.8. The van der Waals surface area contributed by atoms with E-state index < -0.39 is 11.4 Å². The third-order valence-corrected chi connectivity index (χ3v) is 6.30. The van der Waals surface area contributed by atoms with E-state index in [1.807, 2.05) is 35.2 Å². The Bertz CT molecular complexity index is 1300. The predicted molar refractivity (Wildman–Crippen MR) is 121 cm³/mol. The summed E-state index contributed by atoms with van der Waals surface area (Å²) in [7, 11) is 0. The molecule has 4 aromatic rings. The van der Waals surface area contributed by atoms with Crippen LogP contribution in [0.4, 0.5) is 5.69 Å². The third kappa shape index (κ3) is 3.72. The number of anilines is 1. The Hall–Kier alpha value is -3.00. The number of nitrogens with zero attached hydrogens (tertiary/aromatic N) is 5. The number of aromatic nitrogens is 4. The van der Waals surface area contributed by atoms with Crippen molar-refractivity contribution in [3.05, 3.63) is 88.1 Å². The molecule has 0 radical (unpaired) electrons. The van der Waals surface area contributed by atoms with Gasteiger partial charge in [-0.3, -0.25) is 9.78 Å². The number of hydrogen-bond donors (Lipinski definition) is 0. The van der Waals surface area contributed by atoms with Gasteiger partial charge in [-0.15, -0.1) is 0 Å². The molecule has 3 heterocycles. The molecule has 0 fully saturated rings. The van der Waals surface area contributed by atoms with Gasteiger partial charge in [0, 0.05) is 34.7 Å². The molecule has 0 saturated carbocycles. The number of alkyl halides is 1. The van der Waals surface area contributed by atoms with Gasteiger partial charge in [-0.25, -0.2) is 4.98 Å². The van der Waals surface area contributed by atoms with Crippen LogP contribution in [0.25, 0.3) is 11.5 Å². The SMILES string of the molecule is O=C(c1nc(-c2cnccn2)no1)C1c2ccccc2N(Cc2ccc(Cl)cc2Cl)C1Cl. The minimum Gasteiger partial charge on any atom is -0.349 e. The highest BCUT2D eigenvalue weighted by Gasteiger charge is 2.43. The van der Waals surface area contributed by atoms with Crippen LogP contribution in [0.1, 0.15) is 27.7 Å². The van der Waals surface area contributed by atoms with Crippen LogP contribution in [-0.4, -0.2) is 31.4 Å². The standard InChI is InChI=1S/C22H14Cl3N5O2/c23-13-6-5-12(15(24)9-13)11-30-17-4-2-1-3-14(17)18(20(30)25)19(31)22-28-21(29-32-22)16-10-26-7-8-27-16/h1-10,18,20H,11H2. The average molecular weight is 487 g/mol. The number of fused-ring (bicyclic) bond motifs is 1. The highest BCUT2D eigenvalue weighted by Crippen LogP contribution is 2.45. The predicted octanol–water partition coefficient (Wildman–Crippen LogP) is 5.39. The van der Waals surface area contributed by atoms with Crippen molar-refractivity contribution in [3.8, 4) is 11.5 Å². The summed E-state index contributed by atoms with van der Waals surface area (Å²) in [5.74, 6) is -1.02. The molecule has 0 amide bonds. The van der Waals surface area contributed by atoms with Gasteiger partial charge < -0.3 is 9.42 Å². The molecule has 32 heavy (non-hydrogen) atoms. The van der Waals surface area contributed by atoms with Crippen molar-refractivity contribution in [3.63, 3.8) is 0 Å². The average Bonchev–Trinajstić information content (AvgIpc) is 3.40. The molecule has 5 rings (SSSR count). The molecule has 2 unspecified atom stereocenters. The summed E-state index contributed by atoms with van der Waals surface area (Å²) in [5, 5.41) is 4.94. The second kappa shape index (κ2) is 8.50. The van der Waals surface area contributed by atoms with Crippen LogP contribution in [0.5, 0.6) is 0 Å². The van der Waals surface area contributed by atoms with E-state index in [-0.39, 0.29) is 17.5 Å². The second-order valence-electron chi connectivity index (χ2n) is 7.15. The van der Waals surface area contributed by atoms with Gasteiger partial charge in [0.1, 0.15) is 11.2 Å². The first-order valence-electron chi connectivity index (χ1n) is 9.61. The normalized spacial score (nSPS) is 17.4. The smallest absolute Gasteiger partial charge is 0.295 e. The molecule has 0 saturated heterocycles. The van der Waals surface area contributed by atoms with E-state index in [0.717, 1.165) is 16.8 Å². The van der Waals surface area contributed by atoms with E-state index in [0.29, 0.717) is 22.3 Å². The zero-order valence-electron chi connectivity index (χ0n) is 16.3. The van der Waals surface area contributed by atoms with Crippen LogP contribution in [0.3, 0.4) is 0 Å². The fourth-order valence-electron chi connectivity index (χ4n) is 3.72. The lowest BCUT2D eigenvalue weighted by Gasteiger charge is -2.25. The lowest BCUT2D eigenvalue weighted by atomic mass is 9.96. The van der Waals surface area contributed by atoms with Crippen molar-refractivity contribution in [2.24, 2.45) is 0 Å². The van der Waals surface area contributed by atoms with Gasteiger partial charge in [0.25, 0.3) is 5.89 Å². The number of carbonyl (C=O) groups is 1. The molecule has 7 nitrogen and oxygen atoms in total. The minimum atomic E-state index is -0.700. The summed E-state index contributed by atoms with van der Waals surface area (Å²) in [5.41, 5.74) is 2.18. The second-order valence-corrected chi connectivity index (χ2v) is 8.44. The molecule has 10 heteroatoms. The van der Waals surface area contributed by atoms with Gasteiger partial charge in [-0.05, 0) is 29.3 Å². The molecule has 2 aromatic carbocycles. The number of ketones is 1. The van der Waals surface area contributed by atoms with Crippen molar-refractivity contribution in [2.75, 3.05) is 4.90 Å². The molecule has 1 aliphatic heterocycles. The molecule has 0 bridgehead atoms. The van der Waals surface area contributed by atoms with Crippen LogP contribution in [-0.2, 0) is 6.54 Å². The van der Waals surface area contributed by atoms with Gasteiger partial charge in [-0.1, -0.05) is 64.2 Å². The fourth-order valence-corrected chi connectivity index (χ4v) is 4.61. The number of carbonyl (C=O) groups excluding carboxylic acids is 1. The van der Waals surface area contributed by atoms with Crippen molar-refractivity contribution < 1.29 is 9.32 Å². The Kier molecular flexibility index (Phi) is 5.55.